The van der Waals surface area contributed by atoms with Crippen molar-refractivity contribution in [3.05, 3.63) is 35.4 Å². The third-order valence-electron chi connectivity index (χ3n) is 4.33. The van der Waals surface area contributed by atoms with Crippen LogP contribution in [-0.4, -0.2) is 47.9 Å². The summed E-state index contributed by atoms with van der Waals surface area (Å²) in [5.41, 5.74) is 6.51. The number of hydrogen-bond donors (Lipinski definition) is 4. The number of carbonyl (C=O) groups excluding carboxylic acids is 2. The monoisotopic (exact) mass is 391 g/mol. The fourth-order valence-electron chi connectivity index (χ4n) is 2.79. The summed E-state index contributed by atoms with van der Waals surface area (Å²) in [7, 11) is 0. The van der Waals surface area contributed by atoms with Gasteiger partial charge in [-0.25, -0.2) is 4.99 Å². The predicted octanol–water partition coefficient (Wildman–Crippen LogP) is 1.24. The van der Waals surface area contributed by atoms with Crippen molar-refractivity contribution in [3.8, 4) is 0 Å². The average Bonchev–Trinajstić information content (AvgIpc) is 3.09. The largest absolute Gasteiger partial charge is 0.368 e. The van der Waals surface area contributed by atoms with Gasteiger partial charge in [-0.2, -0.15) is 11.8 Å². The summed E-state index contributed by atoms with van der Waals surface area (Å²) in [5.74, 6) is 1.14. The van der Waals surface area contributed by atoms with E-state index >= 15 is 0 Å². The fourth-order valence-corrected chi connectivity index (χ4v) is 4.03. The first-order valence-corrected chi connectivity index (χ1v) is 10.2. The Hall–Kier alpha value is -2.22. The van der Waals surface area contributed by atoms with E-state index in [1.54, 1.807) is 12.1 Å². The minimum Gasteiger partial charge on any atom is -0.368 e. The van der Waals surface area contributed by atoms with Gasteiger partial charge in [0.2, 0.25) is 5.91 Å². The number of nitrogens with zero attached hydrogens (tertiary/aromatic N) is 1. The van der Waals surface area contributed by atoms with E-state index in [1.807, 2.05) is 30.8 Å². The number of guanidine groups is 1. The Morgan fingerprint density at radius 3 is 2.56 bits per heavy atom. The molecule has 1 aromatic rings. The molecule has 27 heavy (non-hydrogen) atoms. The molecule has 1 aromatic carbocycles. The van der Waals surface area contributed by atoms with E-state index in [0.29, 0.717) is 12.1 Å². The Balaban J connectivity index is 1.90. The standard InChI is InChI=1S/C19H29N5O2S/c1-3-21-18(24-13-19(2)9-4-10-27-19)23-11-14-5-7-15(8-6-14)17(26)22-12-16(20)25/h5-8H,3-4,9-13H2,1-2H3,(H2,20,25)(H,22,26)(H2,21,23,24). The highest BCUT2D eigenvalue weighted by Crippen LogP contribution is 2.36. The van der Waals surface area contributed by atoms with E-state index < -0.39 is 5.91 Å². The lowest BCUT2D eigenvalue weighted by Crippen LogP contribution is -2.43. The number of hydrogen-bond acceptors (Lipinski definition) is 4. The number of carbonyl (C=O) groups is 2. The first-order chi connectivity index (χ1) is 12.9. The zero-order valence-corrected chi connectivity index (χ0v) is 16.8. The Morgan fingerprint density at radius 2 is 1.96 bits per heavy atom. The second kappa shape index (κ2) is 10.2. The maximum atomic E-state index is 11.9. The minimum absolute atomic E-state index is 0.167. The molecule has 1 atom stereocenters. The summed E-state index contributed by atoms with van der Waals surface area (Å²) in [4.78, 5) is 27.2. The molecule has 0 radical (unpaired) electrons. The molecular formula is C19H29N5O2S. The van der Waals surface area contributed by atoms with Crippen molar-refractivity contribution in [2.75, 3.05) is 25.4 Å². The molecule has 0 aliphatic carbocycles. The molecule has 5 N–H and O–H groups in total. The Morgan fingerprint density at radius 1 is 1.22 bits per heavy atom. The molecule has 1 unspecified atom stereocenters. The molecule has 1 heterocycles. The molecule has 0 bridgehead atoms. The minimum atomic E-state index is -0.567. The molecule has 1 fully saturated rings. The van der Waals surface area contributed by atoms with Crippen LogP contribution >= 0.6 is 11.8 Å². The van der Waals surface area contributed by atoms with Gasteiger partial charge in [0.15, 0.2) is 5.96 Å². The normalized spacial score (nSPS) is 19.6. The van der Waals surface area contributed by atoms with E-state index in [2.05, 4.69) is 27.9 Å². The molecule has 2 amide bonds. The highest BCUT2D eigenvalue weighted by atomic mass is 32.2. The van der Waals surface area contributed by atoms with Gasteiger partial charge in [0.1, 0.15) is 0 Å². The SMILES string of the molecule is CCNC(=NCc1ccc(C(=O)NCC(N)=O)cc1)NCC1(C)CCCS1. The van der Waals surface area contributed by atoms with Gasteiger partial charge in [0.05, 0.1) is 13.1 Å². The van der Waals surface area contributed by atoms with Crippen LogP contribution in [0.15, 0.2) is 29.3 Å². The first-order valence-electron chi connectivity index (χ1n) is 9.23. The second-order valence-corrected chi connectivity index (χ2v) is 8.48. The van der Waals surface area contributed by atoms with Crippen molar-refractivity contribution in [1.29, 1.82) is 0 Å². The predicted molar refractivity (Wildman–Crippen MR) is 111 cm³/mol. The number of benzene rings is 1. The molecular weight excluding hydrogens is 362 g/mol. The number of amides is 2. The summed E-state index contributed by atoms with van der Waals surface area (Å²) < 4.78 is 0.274. The lowest BCUT2D eigenvalue weighted by molar-refractivity contribution is -0.117. The van der Waals surface area contributed by atoms with Crippen molar-refractivity contribution in [2.24, 2.45) is 10.7 Å². The van der Waals surface area contributed by atoms with E-state index in [9.17, 15) is 9.59 Å². The van der Waals surface area contributed by atoms with E-state index in [4.69, 9.17) is 5.73 Å². The van der Waals surface area contributed by atoms with Crippen molar-refractivity contribution in [3.63, 3.8) is 0 Å². The van der Waals surface area contributed by atoms with Crippen LogP contribution in [0.3, 0.4) is 0 Å². The van der Waals surface area contributed by atoms with E-state index in [0.717, 1.165) is 24.6 Å². The number of primary amides is 1. The highest BCUT2D eigenvalue weighted by molar-refractivity contribution is 8.00. The summed E-state index contributed by atoms with van der Waals surface area (Å²) in [6, 6.07) is 7.16. The number of nitrogens with two attached hydrogens (primary N) is 1. The van der Waals surface area contributed by atoms with Gasteiger partial charge in [0, 0.05) is 23.4 Å². The number of thioether (sulfide) groups is 1. The maximum Gasteiger partial charge on any atom is 0.251 e. The van der Waals surface area contributed by atoms with Crippen LogP contribution in [0.1, 0.15) is 42.6 Å². The van der Waals surface area contributed by atoms with Crippen molar-refractivity contribution < 1.29 is 9.59 Å². The average molecular weight is 392 g/mol. The van der Waals surface area contributed by atoms with Gasteiger partial charge in [-0.05, 0) is 50.1 Å². The van der Waals surface area contributed by atoms with Crippen molar-refractivity contribution in [1.82, 2.24) is 16.0 Å². The Bertz CT molecular complexity index is 669. The lowest BCUT2D eigenvalue weighted by Gasteiger charge is -2.24. The molecule has 148 valence electrons. The zero-order valence-electron chi connectivity index (χ0n) is 16.0. The van der Waals surface area contributed by atoms with Crippen LogP contribution in [0.2, 0.25) is 0 Å². The van der Waals surface area contributed by atoms with Crippen molar-refractivity contribution >= 4 is 29.5 Å². The maximum absolute atomic E-state index is 11.9. The topological polar surface area (TPSA) is 109 Å². The van der Waals surface area contributed by atoms with Gasteiger partial charge >= 0.3 is 0 Å². The first kappa shape index (κ1) is 21.1. The fraction of sp³-hybridized carbons (Fsp3) is 0.526. The Labute approximate surface area is 165 Å². The van der Waals surface area contributed by atoms with Crippen LogP contribution in [0, 0.1) is 0 Å². The van der Waals surface area contributed by atoms with Gasteiger partial charge in [-0.1, -0.05) is 12.1 Å². The van der Waals surface area contributed by atoms with Gasteiger partial charge in [-0.15, -0.1) is 0 Å². The summed E-state index contributed by atoms with van der Waals surface area (Å²) in [6.07, 6.45) is 2.50. The second-order valence-electron chi connectivity index (χ2n) is 6.80. The zero-order chi connectivity index (χ0) is 19.7. The molecule has 8 heteroatoms. The highest BCUT2D eigenvalue weighted by Gasteiger charge is 2.29. The van der Waals surface area contributed by atoms with Crippen LogP contribution in [0.25, 0.3) is 0 Å². The third kappa shape index (κ3) is 7.13. The van der Waals surface area contributed by atoms with Gasteiger partial charge in [-0.3, -0.25) is 9.59 Å². The molecule has 1 aliphatic rings. The van der Waals surface area contributed by atoms with E-state index in [-0.39, 0.29) is 17.2 Å². The summed E-state index contributed by atoms with van der Waals surface area (Å²) >= 11 is 2.02. The molecule has 0 saturated carbocycles. The summed E-state index contributed by atoms with van der Waals surface area (Å²) in [5, 5.41) is 9.18. The number of aliphatic imine (C=N–C) groups is 1. The molecule has 0 aromatic heterocycles. The molecule has 1 saturated heterocycles. The van der Waals surface area contributed by atoms with E-state index in [1.165, 1.54) is 18.6 Å². The molecule has 0 spiro atoms. The molecule has 1 aliphatic heterocycles. The smallest absolute Gasteiger partial charge is 0.251 e. The van der Waals surface area contributed by atoms with Crippen LogP contribution in [0.5, 0.6) is 0 Å². The number of rotatable bonds is 8. The number of nitrogens with one attached hydrogen (secondary N) is 3. The van der Waals surface area contributed by atoms with Gasteiger partial charge in [0.25, 0.3) is 5.91 Å². The van der Waals surface area contributed by atoms with Gasteiger partial charge < -0.3 is 21.7 Å². The quantitative estimate of drug-likeness (QED) is 0.394. The Kier molecular flexibility index (Phi) is 7.97. The molecule has 7 nitrogen and oxygen atoms in total. The van der Waals surface area contributed by atoms with Crippen LogP contribution in [-0.2, 0) is 11.3 Å². The third-order valence-corrected chi connectivity index (χ3v) is 5.87. The van der Waals surface area contributed by atoms with Crippen molar-refractivity contribution in [2.45, 2.75) is 38.0 Å². The molecule has 2 rings (SSSR count). The summed E-state index contributed by atoms with van der Waals surface area (Å²) in [6.45, 7) is 6.38. The van der Waals surface area contributed by atoms with Crippen LogP contribution < -0.4 is 21.7 Å². The lowest BCUT2D eigenvalue weighted by atomic mass is 10.1. The van der Waals surface area contributed by atoms with Crippen LogP contribution in [0.4, 0.5) is 0 Å².